The van der Waals surface area contributed by atoms with Crippen molar-refractivity contribution in [1.82, 2.24) is 4.98 Å². The fourth-order valence-electron chi connectivity index (χ4n) is 6.72. The predicted molar refractivity (Wildman–Crippen MR) is 162 cm³/mol. The molecule has 0 bridgehead atoms. The molecule has 0 saturated carbocycles. The van der Waals surface area contributed by atoms with Crippen LogP contribution in [0.15, 0.2) is 24.3 Å². The number of hydrogen-bond donors (Lipinski definition) is 0. The second-order valence-electron chi connectivity index (χ2n) is 16.0. The SMILES string of the molecule is CC1(C)Cc2nc(C(C)(C)C)c3c(c2C(O[Si](C)(C)C(C)(C)C)C1)C1(CCOCC1)OC3c1ccc(C(F)(F)F)cc1. The van der Waals surface area contributed by atoms with Crippen molar-refractivity contribution >= 4 is 8.32 Å². The molecular weight excluding hydrogens is 555 g/mol. The fourth-order valence-corrected chi connectivity index (χ4v) is 7.99. The molecule has 8 heteroatoms. The average molecular weight is 604 g/mol. The molecule has 1 spiro atoms. The van der Waals surface area contributed by atoms with Crippen LogP contribution in [0, 0.1) is 5.41 Å². The third-order valence-corrected chi connectivity index (χ3v) is 14.4. The van der Waals surface area contributed by atoms with E-state index in [4.69, 9.17) is 18.9 Å². The summed E-state index contributed by atoms with van der Waals surface area (Å²) in [6, 6.07) is 5.49. The van der Waals surface area contributed by atoms with Crippen LogP contribution in [0.1, 0.15) is 126 Å². The summed E-state index contributed by atoms with van der Waals surface area (Å²) in [6.07, 6.45) is -1.94. The Balaban J connectivity index is 1.79. The second kappa shape index (κ2) is 10.1. The topological polar surface area (TPSA) is 40.6 Å². The van der Waals surface area contributed by atoms with Gasteiger partial charge in [0.15, 0.2) is 8.32 Å². The number of aromatic nitrogens is 1. The summed E-state index contributed by atoms with van der Waals surface area (Å²) >= 11 is 0. The minimum Gasteiger partial charge on any atom is -0.410 e. The van der Waals surface area contributed by atoms with Crippen molar-refractivity contribution in [3.63, 3.8) is 0 Å². The molecule has 3 heterocycles. The molecule has 2 aliphatic heterocycles. The Hall–Kier alpha value is -1.74. The van der Waals surface area contributed by atoms with Gasteiger partial charge in [0.2, 0.25) is 0 Å². The number of hydrogen-bond acceptors (Lipinski definition) is 4. The zero-order chi connectivity index (χ0) is 31.1. The first-order chi connectivity index (χ1) is 19.2. The summed E-state index contributed by atoms with van der Waals surface area (Å²) in [5.41, 5.74) is 4.56. The van der Waals surface area contributed by atoms with Gasteiger partial charge in [0, 0.05) is 48.3 Å². The number of alkyl halides is 3. The number of ether oxygens (including phenoxy) is 2. The molecular formula is C34H48F3NO3Si. The summed E-state index contributed by atoms with van der Waals surface area (Å²) in [5.74, 6) is 0. The van der Waals surface area contributed by atoms with E-state index in [0.29, 0.717) is 26.1 Å². The number of halogens is 3. The van der Waals surface area contributed by atoms with E-state index in [9.17, 15) is 13.2 Å². The Labute approximate surface area is 250 Å². The maximum Gasteiger partial charge on any atom is 0.416 e. The van der Waals surface area contributed by atoms with Gasteiger partial charge in [0.05, 0.1) is 23.0 Å². The standard InChI is InChI=1S/C34H48F3NO3Si/c1-30(2,3)29-26-27(25-23(38-29)19-32(7,8)20-24(25)41-42(9,10)31(4,5)6)33(15-17-39-18-16-33)40-28(26)21-11-13-22(14-12-21)34(35,36)37/h11-14,24,28H,15-20H2,1-10H3. The minimum absolute atomic E-state index is 0.00551. The van der Waals surface area contributed by atoms with Gasteiger partial charge in [-0.05, 0) is 59.6 Å². The molecule has 1 fully saturated rings. The molecule has 2 aromatic rings. The first-order valence-corrected chi connectivity index (χ1v) is 18.2. The van der Waals surface area contributed by atoms with E-state index < -0.39 is 31.8 Å². The molecule has 1 aliphatic carbocycles. The van der Waals surface area contributed by atoms with Crippen LogP contribution in [-0.2, 0) is 37.5 Å². The first kappa shape index (κ1) is 31.7. The van der Waals surface area contributed by atoms with Gasteiger partial charge in [-0.3, -0.25) is 4.98 Å². The van der Waals surface area contributed by atoms with E-state index in [1.807, 2.05) is 0 Å². The fraction of sp³-hybridized carbons (Fsp3) is 0.676. The zero-order valence-corrected chi connectivity index (χ0v) is 28.0. The van der Waals surface area contributed by atoms with E-state index in [1.54, 1.807) is 12.1 Å². The summed E-state index contributed by atoms with van der Waals surface area (Å²) < 4.78 is 60.7. The van der Waals surface area contributed by atoms with E-state index in [2.05, 4.69) is 68.5 Å². The molecule has 0 N–H and O–H groups in total. The maximum atomic E-state index is 13.5. The van der Waals surface area contributed by atoms with Gasteiger partial charge in [0.1, 0.15) is 6.10 Å². The van der Waals surface area contributed by atoms with Crippen molar-refractivity contribution < 1.29 is 27.1 Å². The monoisotopic (exact) mass is 603 g/mol. The lowest BCUT2D eigenvalue weighted by molar-refractivity contribution is -0.137. The van der Waals surface area contributed by atoms with Gasteiger partial charge < -0.3 is 13.9 Å². The van der Waals surface area contributed by atoms with E-state index in [-0.39, 0.29) is 22.0 Å². The molecule has 2 unspecified atom stereocenters. The van der Waals surface area contributed by atoms with Crippen molar-refractivity contribution in [3.05, 3.63) is 63.5 Å². The number of benzene rings is 1. The lowest BCUT2D eigenvalue weighted by Gasteiger charge is -2.46. The number of fused-ring (bicyclic) bond motifs is 4. The van der Waals surface area contributed by atoms with Crippen molar-refractivity contribution in [3.8, 4) is 0 Å². The van der Waals surface area contributed by atoms with Crippen LogP contribution in [0.5, 0.6) is 0 Å². The molecule has 2 atom stereocenters. The van der Waals surface area contributed by atoms with Crippen LogP contribution in [0.4, 0.5) is 13.2 Å². The van der Waals surface area contributed by atoms with Crippen LogP contribution in [-0.4, -0.2) is 26.5 Å². The van der Waals surface area contributed by atoms with Gasteiger partial charge in [-0.15, -0.1) is 0 Å². The molecule has 4 nitrogen and oxygen atoms in total. The largest absolute Gasteiger partial charge is 0.416 e. The van der Waals surface area contributed by atoms with Gasteiger partial charge in [-0.1, -0.05) is 67.5 Å². The Kier molecular flexibility index (Phi) is 7.65. The van der Waals surface area contributed by atoms with E-state index in [1.165, 1.54) is 23.3 Å². The van der Waals surface area contributed by atoms with Gasteiger partial charge in [0.25, 0.3) is 0 Å². The second-order valence-corrected chi connectivity index (χ2v) is 20.8. The highest BCUT2D eigenvalue weighted by Crippen LogP contribution is 2.59. The smallest absolute Gasteiger partial charge is 0.410 e. The molecule has 232 valence electrons. The van der Waals surface area contributed by atoms with Crippen LogP contribution < -0.4 is 0 Å². The lowest BCUT2D eigenvalue weighted by Crippen LogP contribution is -2.45. The van der Waals surface area contributed by atoms with E-state index >= 15 is 0 Å². The Morgan fingerprint density at radius 1 is 0.929 bits per heavy atom. The quantitative estimate of drug-likeness (QED) is 0.328. The highest BCUT2D eigenvalue weighted by molar-refractivity contribution is 6.74. The van der Waals surface area contributed by atoms with Crippen molar-refractivity contribution in [2.75, 3.05) is 13.2 Å². The van der Waals surface area contributed by atoms with Crippen LogP contribution >= 0.6 is 0 Å². The van der Waals surface area contributed by atoms with Crippen molar-refractivity contribution in [2.45, 2.75) is 129 Å². The highest BCUT2D eigenvalue weighted by atomic mass is 28.4. The number of pyridine rings is 1. The minimum atomic E-state index is -4.40. The zero-order valence-electron chi connectivity index (χ0n) is 27.0. The third-order valence-electron chi connectivity index (χ3n) is 9.91. The molecule has 1 aromatic heterocycles. The third kappa shape index (κ3) is 5.61. The van der Waals surface area contributed by atoms with Crippen LogP contribution in [0.3, 0.4) is 0 Å². The molecule has 1 saturated heterocycles. The van der Waals surface area contributed by atoms with Gasteiger partial charge >= 0.3 is 6.18 Å². The van der Waals surface area contributed by atoms with Crippen LogP contribution in [0.2, 0.25) is 18.1 Å². The molecule has 1 aromatic carbocycles. The Morgan fingerprint density at radius 2 is 1.52 bits per heavy atom. The molecule has 0 amide bonds. The Bertz CT molecular complexity index is 1330. The lowest BCUT2D eigenvalue weighted by atomic mass is 9.69. The molecule has 3 aliphatic rings. The van der Waals surface area contributed by atoms with E-state index in [0.717, 1.165) is 35.4 Å². The highest BCUT2D eigenvalue weighted by Gasteiger charge is 2.54. The number of nitrogens with zero attached hydrogens (tertiary/aromatic N) is 1. The van der Waals surface area contributed by atoms with Gasteiger partial charge in [-0.25, -0.2) is 0 Å². The first-order valence-electron chi connectivity index (χ1n) is 15.3. The summed E-state index contributed by atoms with van der Waals surface area (Å²) in [5, 5.41) is 0.0341. The normalized spacial score (nSPS) is 24.0. The number of rotatable bonds is 3. The summed E-state index contributed by atoms with van der Waals surface area (Å²) in [4.78, 5) is 5.45. The average Bonchev–Trinajstić information content (AvgIpc) is 3.15. The Morgan fingerprint density at radius 3 is 2.05 bits per heavy atom. The summed E-state index contributed by atoms with van der Waals surface area (Å²) in [6.45, 7) is 23.6. The van der Waals surface area contributed by atoms with Crippen molar-refractivity contribution in [2.24, 2.45) is 5.41 Å². The molecule has 42 heavy (non-hydrogen) atoms. The summed E-state index contributed by atoms with van der Waals surface area (Å²) in [7, 11) is -2.17. The molecule has 5 rings (SSSR count). The van der Waals surface area contributed by atoms with Gasteiger partial charge in [-0.2, -0.15) is 13.2 Å². The predicted octanol–water partition coefficient (Wildman–Crippen LogP) is 9.56. The molecule has 0 radical (unpaired) electrons. The van der Waals surface area contributed by atoms with Crippen molar-refractivity contribution in [1.29, 1.82) is 0 Å². The maximum absolute atomic E-state index is 13.5. The van der Waals surface area contributed by atoms with Crippen LogP contribution in [0.25, 0.3) is 0 Å².